The van der Waals surface area contributed by atoms with Crippen LogP contribution in [0.15, 0.2) is 71.7 Å². The van der Waals surface area contributed by atoms with Crippen molar-refractivity contribution in [3.63, 3.8) is 0 Å². The molecule has 6 nitrogen and oxygen atoms in total. The molecule has 1 aliphatic heterocycles. The maximum atomic E-state index is 12.7. The van der Waals surface area contributed by atoms with Gasteiger partial charge in [0.05, 0.1) is 24.3 Å². The molecule has 3 aromatic rings. The highest BCUT2D eigenvalue weighted by Crippen LogP contribution is 2.22. The Morgan fingerprint density at radius 3 is 2.61 bits per heavy atom. The molecule has 1 aliphatic rings. The fraction of sp³-hybridized carbons (Fsp3) is 0.320. The van der Waals surface area contributed by atoms with Gasteiger partial charge in [0.25, 0.3) is 5.56 Å². The van der Waals surface area contributed by atoms with Crippen LogP contribution in [-0.4, -0.2) is 28.8 Å². The van der Waals surface area contributed by atoms with Crippen LogP contribution < -0.4 is 15.8 Å². The number of rotatable bonds is 6. The van der Waals surface area contributed by atoms with Crippen molar-refractivity contribution in [1.82, 2.24) is 15.1 Å². The molecule has 0 bridgehead atoms. The number of nitrogens with zero attached hydrogens (tertiary/aromatic N) is 3. The quantitative estimate of drug-likeness (QED) is 0.670. The van der Waals surface area contributed by atoms with Gasteiger partial charge in [-0.2, -0.15) is 5.10 Å². The predicted molar refractivity (Wildman–Crippen MR) is 122 cm³/mol. The van der Waals surface area contributed by atoms with Crippen LogP contribution in [0.2, 0.25) is 0 Å². The van der Waals surface area contributed by atoms with E-state index in [-0.39, 0.29) is 17.4 Å². The molecule has 160 valence electrons. The summed E-state index contributed by atoms with van der Waals surface area (Å²) in [5.41, 5.74) is 3.99. The lowest BCUT2D eigenvalue weighted by Crippen LogP contribution is -2.43. The standard InChI is InChI=1S/C25H28N4O2/c1-19-9-11-20(12-10-19)15-26-25(31)22-8-5-13-28(18-22)23-14-24(30)29(27-16-23)17-21-6-3-2-4-7-21/h2-4,6-7,9-12,14,16,22H,5,8,13,15,17-18H2,1H3,(H,26,31)/t22-/m1/s1. The van der Waals surface area contributed by atoms with Crippen LogP contribution in [0.25, 0.3) is 0 Å². The number of carbonyl (C=O) groups is 1. The molecular formula is C25H28N4O2. The van der Waals surface area contributed by atoms with Crippen molar-refractivity contribution in [3.8, 4) is 0 Å². The van der Waals surface area contributed by atoms with E-state index in [1.165, 1.54) is 10.2 Å². The Bertz CT molecular complexity index is 1080. The van der Waals surface area contributed by atoms with E-state index < -0.39 is 0 Å². The van der Waals surface area contributed by atoms with E-state index in [2.05, 4.69) is 27.4 Å². The molecule has 0 spiro atoms. The van der Waals surface area contributed by atoms with E-state index >= 15 is 0 Å². The minimum atomic E-state index is -0.132. The van der Waals surface area contributed by atoms with Crippen LogP contribution in [-0.2, 0) is 17.9 Å². The number of hydrogen-bond acceptors (Lipinski definition) is 4. The summed E-state index contributed by atoms with van der Waals surface area (Å²) in [4.78, 5) is 27.4. The molecule has 1 amide bonds. The zero-order valence-corrected chi connectivity index (χ0v) is 17.8. The van der Waals surface area contributed by atoms with E-state index in [9.17, 15) is 9.59 Å². The third-order valence-corrected chi connectivity index (χ3v) is 5.77. The Morgan fingerprint density at radius 2 is 1.87 bits per heavy atom. The molecule has 0 unspecified atom stereocenters. The fourth-order valence-electron chi connectivity index (χ4n) is 3.94. The molecule has 2 aromatic carbocycles. The summed E-state index contributed by atoms with van der Waals surface area (Å²) < 4.78 is 1.47. The lowest BCUT2D eigenvalue weighted by molar-refractivity contribution is -0.125. The van der Waals surface area contributed by atoms with Crippen molar-refractivity contribution in [2.75, 3.05) is 18.0 Å². The first-order valence-electron chi connectivity index (χ1n) is 10.8. The lowest BCUT2D eigenvalue weighted by atomic mass is 9.96. The van der Waals surface area contributed by atoms with Crippen LogP contribution in [0, 0.1) is 12.8 Å². The summed E-state index contributed by atoms with van der Waals surface area (Å²) in [6, 6.07) is 19.6. The monoisotopic (exact) mass is 416 g/mol. The topological polar surface area (TPSA) is 67.2 Å². The molecule has 1 atom stereocenters. The summed E-state index contributed by atoms with van der Waals surface area (Å²) in [6.07, 6.45) is 3.50. The first kappa shape index (κ1) is 20.8. The fourth-order valence-corrected chi connectivity index (χ4v) is 3.94. The van der Waals surface area contributed by atoms with Crippen molar-refractivity contribution in [3.05, 3.63) is 93.9 Å². The largest absolute Gasteiger partial charge is 0.369 e. The van der Waals surface area contributed by atoms with Crippen LogP contribution in [0.3, 0.4) is 0 Å². The number of aromatic nitrogens is 2. The summed E-state index contributed by atoms with van der Waals surface area (Å²) in [6.45, 7) is 4.46. The average Bonchev–Trinajstić information content (AvgIpc) is 2.80. The molecule has 1 fully saturated rings. The average molecular weight is 417 g/mol. The van der Waals surface area contributed by atoms with Crippen molar-refractivity contribution < 1.29 is 4.79 Å². The van der Waals surface area contributed by atoms with Gasteiger partial charge in [-0.25, -0.2) is 4.68 Å². The van der Waals surface area contributed by atoms with Crippen LogP contribution in [0.1, 0.15) is 29.5 Å². The third-order valence-electron chi connectivity index (χ3n) is 5.77. The molecule has 0 saturated carbocycles. The number of anilines is 1. The van der Waals surface area contributed by atoms with Crippen molar-refractivity contribution in [2.24, 2.45) is 5.92 Å². The predicted octanol–water partition coefficient (Wildman–Crippen LogP) is 3.13. The first-order chi connectivity index (χ1) is 15.1. The molecule has 0 aliphatic carbocycles. The van der Waals surface area contributed by atoms with Gasteiger partial charge in [-0.3, -0.25) is 9.59 Å². The molecule has 1 aromatic heterocycles. The maximum absolute atomic E-state index is 12.7. The smallest absolute Gasteiger partial charge is 0.269 e. The van der Waals surface area contributed by atoms with Gasteiger partial charge in [0.2, 0.25) is 5.91 Å². The van der Waals surface area contributed by atoms with E-state index in [4.69, 9.17) is 0 Å². The van der Waals surface area contributed by atoms with Crippen molar-refractivity contribution in [1.29, 1.82) is 0 Å². The van der Waals surface area contributed by atoms with Crippen LogP contribution in [0.4, 0.5) is 5.69 Å². The zero-order valence-electron chi connectivity index (χ0n) is 17.8. The number of nitrogens with one attached hydrogen (secondary N) is 1. The summed E-state index contributed by atoms with van der Waals surface area (Å²) >= 11 is 0. The van der Waals surface area contributed by atoms with Crippen LogP contribution in [0.5, 0.6) is 0 Å². The minimum Gasteiger partial charge on any atom is -0.369 e. The second-order valence-electron chi connectivity index (χ2n) is 8.18. The molecule has 6 heteroatoms. The maximum Gasteiger partial charge on any atom is 0.269 e. The first-order valence-corrected chi connectivity index (χ1v) is 10.8. The van der Waals surface area contributed by atoms with Gasteiger partial charge in [-0.1, -0.05) is 60.2 Å². The number of amides is 1. The Morgan fingerprint density at radius 1 is 1.10 bits per heavy atom. The number of piperidine rings is 1. The lowest BCUT2D eigenvalue weighted by Gasteiger charge is -2.33. The number of aryl methyl sites for hydroxylation is 1. The normalized spacial score (nSPS) is 16.2. The molecular weight excluding hydrogens is 388 g/mol. The van der Waals surface area contributed by atoms with Gasteiger partial charge < -0.3 is 10.2 Å². The Hall–Kier alpha value is -3.41. The minimum absolute atomic E-state index is 0.0654. The van der Waals surface area contributed by atoms with E-state index in [0.717, 1.165) is 36.2 Å². The van der Waals surface area contributed by atoms with Gasteiger partial charge in [0, 0.05) is 25.7 Å². The number of hydrogen-bond donors (Lipinski definition) is 1. The van der Waals surface area contributed by atoms with Crippen molar-refractivity contribution >= 4 is 11.6 Å². The third kappa shape index (κ3) is 5.40. The van der Waals surface area contributed by atoms with Crippen LogP contribution >= 0.6 is 0 Å². The Labute approximate surface area is 182 Å². The van der Waals surface area contributed by atoms with E-state index in [1.807, 2.05) is 49.4 Å². The molecule has 1 saturated heterocycles. The summed E-state index contributed by atoms with van der Waals surface area (Å²) in [5, 5.41) is 7.42. The molecule has 4 rings (SSSR count). The summed E-state index contributed by atoms with van der Waals surface area (Å²) in [7, 11) is 0. The van der Waals surface area contributed by atoms with Gasteiger partial charge in [-0.05, 0) is 30.9 Å². The Balaban J connectivity index is 1.37. The van der Waals surface area contributed by atoms with Gasteiger partial charge in [0.15, 0.2) is 0 Å². The second-order valence-corrected chi connectivity index (χ2v) is 8.18. The van der Waals surface area contributed by atoms with Gasteiger partial charge in [0.1, 0.15) is 0 Å². The number of benzene rings is 2. The number of carbonyl (C=O) groups excluding carboxylic acids is 1. The SMILES string of the molecule is Cc1ccc(CNC(=O)[C@@H]2CCCN(c3cnn(Cc4ccccc4)c(=O)c3)C2)cc1. The second kappa shape index (κ2) is 9.60. The van der Waals surface area contributed by atoms with E-state index in [0.29, 0.717) is 19.6 Å². The highest BCUT2D eigenvalue weighted by molar-refractivity contribution is 5.79. The van der Waals surface area contributed by atoms with E-state index in [1.54, 1.807) is 12.3 Å². The molecule has 2 heterocycles. The zero-order chi connectivity index (χ0) is 21.6. The summed E-state index contributed by atoms with van der Waals surface area (Å²) in [5.74, 6) is -0.0263. The highest BCUT2D eigenvalue weighted by Gasteiger charge is 2.26. The highest BCUT2D eigenvalue weighted by atomic mass is 16.2. The van der Waals surface area contributed by atoms with Gasteiger partial charge in [-0.15, -0.1) is 0 Å². The molecule has 0 radical (unpaired) electrons. The molecule has 1 N–H and O–H groups in total. The Kier molecular flexibility index (Phi) is 6.46. The van der Waals surface area contributed by atoms with Crippen molar-refractivity contribution in [2.45, 2.75) is 32.9 Å². The van der Waals surface area contributed by atoms with Gasteiger partial charge >= 0.3 is 0 Å². The molecule has 31 heavy (non-hydrogen) atoms.